The number of carbonyl (C=O) groups is 1. The number of unbranched alkanes of at least 4 members (excludes halogenated alkanes) is 1. The molecule has 0 heterocycles. The van der Waals surface area contributed by atoms with Gasteiger partial charge in [0, 0.05) is 6.54 Å². The quantitative estimate of drug-likeness (QED) is 0.546. The van der Waals surface area contributed by atoms with Gasteiger partial charge < -0.3 is 5.32 Å². The van der Waals surface area contributed by atoms with Crippen molar-refractivity contribution in [1.29, 1.82) is 0 Å². The fraction of sp³-hybridized carbons (Fsp3) is 0.409. The van der Waals surface area contributed by atoms with Gasteiger partial charge in [-0.25, -0.2) is 8.42 Å². The summed E-state index contributed by atoms with van der Waals surface area (Å²) in [5.41, 5.74) is 0.284. The topological polar surface area (TPSA) is 66.5 Å². The molecule has 0 aliphatic rings. The molecule has 1 atom stereocenters. The third-order valence-corrected chi connectivity index (χ3v) is 6.96. The van der Waals surface area contributed by atoms with E-state index >= 15 is 0 Å². The largest absolute Gasteiger partial charge is 0.354 e. The molecular formula is C22H29ClN2O3S. The van der Waals surface area contributed by atoms with Gasteiger partial charge in [-0.1, -0.05) is 75.0 Å². The van der Waals surface area contributed by atoms with Crippen LogP contribution in [0, 0.1) is 5.92 Å². The highest BCUT2D eigenvalue weighted by molar-refractivity contribution is 7.92. The van der Waals surface area contributed by atoms with Crippen LogP contribution in [0.25, 0.3) is 0 Å². The molecule has 7 heteroatoms. The number of amides is 1. The molecular weight excluding hydrogens is 408 g/mol. The number of anilines is 1. The summed E-state index contributed by atoms with van der Waals surface area (Å²) >= 11 is 6.27. The first-order valence-electron chi connectivity index (χ1n) is 9.99. The van der Waals surface area contributed by atoms with E-state index in [0.717, 1.165) is 30.0 Å². The molecule has 2 aromatic rings. The van der Waals surface area contributed by atoms with Gasteiger partial charge in [-0.3, -0.25) is 9.10 Å². The van der Waals surface area contributed by atoms with Crippen LogP contribution in [-0.2, 0) is 14.8 Å². The number of hydrogen-bond acceptors (Lipinski definition) is 3. The molecule has 0 radical (unpaired) electrons. The van der Waals surface area contributed by atoms with Crippen molar-refractivity contribution in [2.24, 2.45) is 5.92 Å². The zero-order chi connectivity index (χ0) is 21.3. The fourth-order valence-corrected chi connectivity index (χ4v) is 4.81. The molecule has 0 saturated carbocycles. The smallest absolute Gasteiger partial charge is 0.264 e. The van der Waals surface area contributed by atoms with Crippen molar-refractivity contribution in [3.63, 3.8) is 0 Å². The van der Waals surface area contributed by atoms with Crippen LogP contribution < -0.4 is 9.62 Å². The summed E-state index contributed by atoms with van der Waals surface area (Å²) in [5, 5.41) is 3.17. The Morgan fingerprint density at radius 2 is 1.72 bits per heavy atom. The lowest BCUT2D eigenvalue weighted by molar-refractivity contribution is -0.119. The highest BCUT2D eigenvalue weighted by Gasteiger charge is 2.28. The van der Waals surface area contributed by atoms with E-state index in [4.69, 9.17) is 11.6 Å². The zero-order valence-corrected chi connectivity index (χ0v) is 18.5. The summed E-state index contributed by atoms with van der Waals surface area (Å²) in [7, 11) is -3.94. The molecule has 0 aliphatic carbocycles. The van der Waals surface area contributed by atoms with Crippen molar-refractivity contribution < 1.29 is 13.2 Å². The molecule has 0 aromatic heterocycles. The number of carbonyl (C=O) groups excluding carboxylic acids is 1. The molecule has 0 saturated heterocycles. The van der Waals surface area contributed by atoms with Crippen molar-refractivity contribution >= 4 is 33.2 Å². The number of hydrogen-bond donors (Lipinski definition) is 1. The summed E-state index contributed by atoms with van der Waals surface area (Å²) in [5.74, 6) is 0.0396. The third kappa shape index (κ3) is 6.47. The highest BCUT2D eigenvalue weighted by atomic mass is 35.5. The maximum atomic E-state index is 13.2. The molecule has 0 aliphatic heterocycles. The number of halogens is 1. The van der Waals surface area contributed by atoms with Gasteiger partial charge in [0.15, 0.2) is 0 Å². The standard InChI is InChI=1S/C22H29ClN2O3S/c1-3-5-11-18(4-2)16-24-22(26)17-25(21-15-10-9-14-20(21)23)29(27,28)19-12-7-6-8-13-19/h6-10,12-15,18H,3-5,11,16-17H2,1-2H3,(H,24,26). The second-order valence-corrected chi connectivity index (χ2v) is 9.27. The number of benzene rings is 2. The summed E-state index contributed by atoms with van der Waals surface area (Å²) in [4.78, 5) is 12.8. The lowest BCUT2D eigenvalue weighted by Gasteiger charge is -2.25. The van der Waals surface area contributed by atoms with Crippen LogP contribution in [0.1, 0.15) is 39.5 Å². The van der Waals surface area contributed by atoms with Crippen LogP contribution in [0.4, 0.5) is 5.69 Å². The Kier molecular flexibility index (Phi) is 8.99. The molecule has 1 unspecified atom stereocenters. The molecule has 1 N–H and O–H groups in total. The van der Waals surface area contributed by atoms with Gasteiger partial charge in [0.25, 0.3) is 10.0 Å². The number of nitrogens with one attached hydrogen (secondary N) is 1. The van der Waals surface area contributed by atoms with Crippen molar-refractivity contribution in [2.45, 2.75) is 44.4 Å². The molecule has 158 valence electrons. The Bertz CT molecular complexity index is 888. The minimum Gasteiger partial charge on any atom is -0.354 e. The fourth-order valence-electron chi connectivity index (χ4n) is 3.06. The van der Waals surface area contributed by atoms with E-state index < -0.39 is 10.0 Å². The van der Waals surface area contributed by atoms with E-state index in [1.54, 1.807) is 42.5 Å². The predicted octanol–water partition coefficient (Wildman–Crippen LogP) is 4.87. The van der Waals surface area contributed by atoms with Crippen LogP contribution in [0.15, 0.2) is 59.5 Å². The first-order valence-corrected chi connectivity index (χ1v) is 11.8. The summed E-state index contributed by atoms with van der Waals surface area (Å²) in [6, 6.07) is 14.7. The number of para-hydroxylation sites is 1. The van der Waals surface area contributed by atoms with Crippen molar-refractivity contribution in [3.8, 4) is 0 Å². The Morgan fingerprint density at radius 3 is 2.34 bits per heavy atom. The van der Waals surface area contributed by atoms with Crippen LogP contribution in [-0.4, -0.2) is 27.4 Å². The monoisotopic (exact) mass is 436 g/mol. The van der Waals surface area contributed by atoms with Crippen molar-refractivity contribution in [1.82, 2.24) is 5.32 Å². The van der Waals surface area contributed by atoms with Gasteiger partial charge in [0.05, 0.1) is 15.6 Å². The van der Waals surface area contributed by atoms with E-state index in [0.29, 0.717) is 12.5 Å². The summed E-state index contributed by atoms with van der Waals surface area (Å²) in [6.45, 7) is 4.45. The average molecular weight is 437 g/mol. The van der Waals surface area contributed by atoms with Gasteiger partial charge in [-0.2, -0.15) is 0 Å². The molecule has 5 nitrogen and oxygen atoms in total. The van der Waals surface area contributed by atoms with Crippen LogP contribution in [0.2, 0.25) is 5.02 Å². The number of sulfonamides is 1. The Morgan fingerprint density at radius 1 is 1.07 bits per heavy atom. The molecule has 29 heavy (non-hydrogen) atoms. The second-order valence-electron chi connectivity index (χ2n) is 7.00. The first-order chi connectivity index (χ1) is 13.9. The SMILES string of the molecule is CCCCC(CC)CNC(=O)CN(c1ccccc1Cl)S(=O)(=O)c1ccccc1. The van der Waals surface area contributed by atoms with Crippen LogP contribution in [0.5, 0.6) is 0 Å². The van der Waals surface area contributed by atoms with Crippen molar-refractivity contribution in [3.05, 3.63) is 59.6 Å². The number of nitrogens with zero attached hydrogens (tertiary/aromatic N) is 1. The molecule has 2 rings (SSSR count). The van der Waals surface area contributed by atoms with Crippen LogP contribution >= 0.6 is 11.6 Å². The minimum atomic E-state index is -3.94. The molecule has 0 fully saturated rings. The normalized spacial score (nSPS) is 12.4. The van der Waals surface area contributed by atoms with Gasteiger partial charge in [0.2, 0.25) is 5.91 Å². The molecule has 0 bridgehead atoms. The Labute approximate surface area is 179 Å². The van der Waals surface area contributed by atoms with Gasteiger partial charge in [-0.15, -0.1) is 0 Å². The Hall–Kier alpha value is -2.05. The number of rotatable bonds is 11. The van der Waals surface area contributed by atoms with Gasteiger partial charge >= 0.3 is 0 Å². The van der Waals surface area contributed by atoms with E-state index in [1.165, 1.54) is 12.1 Å². The predicted molar refractivity (Wildman–Crippen MR) is 119 cm³/mol. The van der Waals surface area contributed by atoms with E-state index in [2.05, 4.69) is 19.2 Å². The van der Waals surface area contributed by atoms with Crippen LogP contribution in [0.3, 0.4) is 0 Å². The van der Waals surface area contributed by atoms with Crippen molar-refractivity contribution in [2.75, 3.05) is 17.4 Å². The highest BCUT2D eigenvalue weighted by Crippen LogP contribution is 2.30. The third-order valence-electron chi connectivity index (χ3n) is 4.87. The summed E-state index contributed by atoms with van der Waals surface area (Å²) in [6.07, 6.45) is 4.24. The average Bonchev–Trinajstić information content (AvgIpc) is 2.73. The zero-order valence-electron chi connectivity index (χ0n) is 17.0. The van der Waals surface area contributed by atoms with E-state index in [9.17, 15) is 13.2 Å². The molecule has 0 spiro atoms. The van der Waals surface area contributed by atoms with Gasteiger partial charge in [0.1, 0.15) is 6.54 Å². The molecule has 1 amide bonds. The lowest BCUT2D eigenvalue weighted by Crippen LogP contribution is -2.42. The maximum Gasteiger partial charge on any atom is 0.264 e. The maximum absolute atomic E-state index is 13.2. The first kappa shape index (κ1) is 23.2. The minimum absolute atomic E-state index is 0.113. The van der Waals surface area contributed by atoms with Gasteiger partial charge in [-0.05, 0) is 36.6 Å². The lowest BCUT2D eigenvalue weighted by atomic mass is 9.99. The van der Waals surface area contributed by atoms with E-state index in [1.807, 2.05) is 0 Å². The molecule has 2 aromatic carbocycles. The summed E-state index contributed by atoms with van der Waals surface area (Å²) < 4.78 is 27.6. The second kappa shape index (κ2) is 11.2. The Balaban J connectivity index is 2.23. The van der Waals surface area contributed by atoms with E-state index in [-0.39, 0.29) is 28.1 Å².